The Bertz CT molecular complexity index is 379. The van der Waals surface area contributed by atoms with Gasteiger partial charge in [0, 0.05) is 6.20 Å². The molecule has 4 heteroatoms. The second-order valence-corrected chi connectivity index (χ2v) is 3.52. The van der Waals surface area contributed by atoms with Crippen molar-refractivity contribution in [2.45, 2.75) is 18.9 Å². The van der Waals surface area contributed by atoms with E-state index in [1.807, 2.05) is 0 Å². The second kappa shape index (κ2) is 4.40. The highest BCUT2D eigenvalue weighted by molar-refractivity contribution is 5.22. The van der Waals surface area contributed by atoms with Crippen LogP contribution in [0.4, 0.5) is 4.39 Å². The Balaban J connectivity index is 2.23. The summed E-state index contributed by atoms with van der Waals surface area (Å²) in [7, 11) is 0. The van der Waals surface area contributed by atoms with Crippen molar-refractivity contribution in [3.8, 4) is 0 Å². The topological polar surface area (TPSA) is 48.1 Å². The van der Waals surface area contributed by atoms with Gasteiger partial charge in [-0.1, -0.05) is 0 Å². The zero-order valence-electron chi connectivity index (χ0n) is 8.32. The second-order valence-electron chi connectivity index (χ2n) is 3.52. The lowest BCUT2D eigenvalue weighted by Gasteiger charge is -2.19. The first-order chi connectivity index (χ1) is 7.29. The van der Waals surface area contributed by atoms with Crippen molar-refractivity contribution in [3.63, 3.8) is 0 Å². The summed E-state index contributed by atoms with van der Waals surface area (Å²) >= 11 is 0. The van der Waals surface area contributed by atoms with Gasteiger partial charge in [-0.3, -0.25) is 4.98 Å². The molecule has 80 valence electrons. The Hall–Kier alpha value is -1.42. The molecule has 0 aliphatic carbocycles. The van der Waals surface area contributed by atoms with Gasteiger partial charge < -0.3 is 10.5 Å². The van der Waals surface area contributed by atoms with Crippen LogP contribution in [0, 0.1) is 5.82 Å². The van der Waals surface area contributed by atoms with E-state index in [9.17, 15) is 4.39 Å². The minimum absolute atomic E-state index is 0.286. The van der Waals surface area contributed by atoms with Gasteiger partial charge in [0.05, 0.1) is 24.6 Å². The van der Waals surface area contributed by atoms with Crippen LogP contribution in [0.15, 0.2) is 30.2 Å². The lowest BCUT2D eigenvalue weighted by molar-refractivity contribution is 0.221. The fraction of sp³-hybridized carbons (Fsp3) is 0.364. The van der Waals surface area contributed by atoms with E-state index >= 15 is 0 Å². The average molecular weight is 208 g/mol. The molecule has 2 N–H and O–H groups in total. The number of nitrogens with two attached hydrogens (primary N) is 1. The maximum absolute atomic E-state index is 13.4. The van der Waals surface area contributed by atoms with Crippen molar-refractivity contribution in [1.82, 2.24) is 4.98 Å². The number of aromatic nitrogens is 1. The standard InChI is InChI=1S/C11H13FN2O/c12-9-4-1-5-14-11(9)10(13)8-3-2-6-15-7-8/h1,4-5,7,10H,2-3,6,13H2. The molecule has 0 radical (unpaired) electrons. The number of rotatable bonds is 2. The third kappa shape index (κ3) is 2.15. The monoisotopic (exact) mass is 208 g/mol. The molecule has 0 saturated heterocycles. The molecular weight excluding hydrogens is 195 g/mol. The van der Waals surface area contributed by atoms with Crippen molar-refractivity contribution >= 4 is 0 Å². The van der Waals surface area contributed by atoms with E-state index in [-0.39, 0.29) is 11.5 Å². The van der Waals surface area contributed by atoms with Gasteiger partial charge in [-0.15, -0.1) is 0 Å². The van der Waals surface area contributed by atoms with Crippen molar-refractivity contribution in [3.05, 3.63) is 41.7 Å². The third-order valence-electron chi connectivity index (χ3n) is 2.44. The van der Waals surface area contributed by atoms with Crippen LogP contribution in [0.1, 0.15) is 24.6 Å². The van der Waals surface area contributed by atoms with Gasteiger partial charge >= 0.3 is 0 Å². The summed E-state index contributed by atoms with van der Waals surface area (Å²) in [6, 6.07) is 2.43. The summed E-state index contributed by atoms with van der Waals surface area (Å²) in [5, 5.41) is 0. The SMILES string of the molecule is NC(C1=COCCC1)c1ncccc1F. The lowest BCUT2D eigenvalue weighted by atomic mass is 9.99. The third-order valence-corrected chi connectivity index (χ3v) is 2.44. The molecule has 1 unspecified atom stereocenters. The van der Waals surface area contributed by atoms with Crippen molar-refractivity contribution < 1.29 is 9.13 Å². The first-order valence-corrected chi connectivity index (χ1v) is 4.95. The molecule has 3 nitrogen and oxygen atoms in total. The Morgan fingerprint density at radius 1 is 1.53 bits per heavy atom. The summed E-state index contributed by atoms with van der Waals surface area (Å²) in [6.07, 6.45) is 4.94. The zero-order chi connectivity index (χ0) is 10.7. The molecule has 0 fully saturated rings. The summed E-state index contributed by atoms with van der Waals surface area (Å²) < 4.78 is 18.6. The van der Waals surface area contributed by atoms with Crippen LogP contribution in [0.5, 0.6) is 0 Å². The van der Waals surface area contributed by atoms with Crippen LogP contribution >= 0.6 is 0 Å². The van der Waals surface area contributed by atoms with Crippen LogP contribution in [-0.4, -0.2) is 11.6 Å². The summed E-state index contributed by atoms with van der Waals surface area (Å²) in [4.78, 5) is 3.96. The van der Waals surface area contributed by atoms with Gasteiger partial charge in [-0.2, -0.15) is 0 Å². The van der Waals surface area contributed by atoms with E-state index < -0.39 is 6.04 Å². The normalized spacial score (nSPS) is 17.9. The molecule has 0 spiro atoms. The largest absolute Gasteiger partial charge is 0.501 e. The van der Waals surface area contributed by atoms with E-state index in [0.717, 1.165) is 18.4 Å². The smallest absolute Gasteiger partial charge is 0.146 e. The molecule has 1 atom stereocenters. The minimum atomic E-state index is -0.494. The highest BCUT2D eigenvalue weighted by atomic mass is 19.1. The summed E-state index contributed by atoms with van der Waals surface area (Å²) in [6.45, 7) is 0.709. The molecule has 1 aromatic heterocycles. The van der Waals surface area contributed by atoms with Gasteiger partial charge in [0.2, 0.25) is 0 Å². The molecule has 0 bridgehead atoms. The van der Waals surface area contributed by atoms with E-state index in [4.69, 9.17) is 10.5 Å². The number of hydrogen-bond donors (Lipinski definition) is 1. The molecule has 1 aromatic rings. The Morgan fingerprint density at radius 3 is 3.07 bits per heavy atom. The Labute approximate surface area is 87.8 Å². The molecular formula is C11H13FN2O. The van der Waals surface area contributed by atoms with E-state index in [2.05, 4.69) is 4.98 Å². The van der Waals surface area contributed by atoms with Crippen LogP contribution < -0.4 is 5.73 Å². The molecule has 1 aliphatic heterocycles. The lowest BCUT2D eigenvalue weighted by Crippen LogP contribution is -2.18. The summed E-state index contributed by atoms with van der Waals surface area (Å²) in [5.74, 6) is -0.364. The van der Waals surface area contributed by atoms with Crippen LogP contribution in [0.3, 0.4) is 0 Å². The van der Waals surface area contributed by atoms with Gasteiger partial charge in [-0.05, 0) is 30.5 Å². The number of nitrogens with zero attached hydrogens (tertiary/aromatic N) is 1. The van der Waals surface area contributed by atoms with Crippen molar-refractivity contribution in [1.29, 1.82) is 0 Å². The highest BCUT2D eigenvalue weighted by Gasteiger charge is 2.18. The van der Waals surface area contributed by atoms with Gasteiger partial charge in [-0.25, -0.2) is 4.39 Å². The number of ether oxygens (including phenoxy) is 1. The predicted molar refractivity (Wildman–Crippen MR) is 54.4 cm³/mol. The minimum Gasteiger partial charge on any atom is -0.501 e. The van der Waals surface area contributed by atoms with E-state index in [1.54, 1.807) is 18.5 Å². The van der Waals surface area contributed by atoms with Gasteiger partial charge in [0.15, 0.2) is 0 Å². The van der Waals surface area contributed by atoms with Crippen LogP contribution in [0.2, 0.25) is 0 Å². The molecule has 0 aromatic carbocycles. The van der Waals surface area contributed by atoms with E-state index in [0.29, 0.717) is 6.61 Å². The fourth-order valence-corrected chi connectivity index (χ4v) is 1.62. The maximum Gasteiger partial charge on any atom is 0.146 e. The Kier molecular flexibility index (Phi) is 2.97. The number of pyridine rings is 1. The first kappa shape index (κ1) is 10.1. The molecule has 0 saturated carbocycles. The van der Waals surface area contributed by atoms with Gasteiger partial charge in [0.1, 0.15) is 5.82 Å². The van der Waals surface area contributed by atoms with E-state index in [1.165, 1.54) is 6.07 Å². The van der Waals surface area contributed by atoms with Crippen molar-refractivity contribution in [2.75, 3.05) is 6.61 Å². The number of halogens is 1. The predicted octanol–water partition coefficient (Wildman–Crippen LogP) is 1.91. The maximum atomic E-state index is 13.4. The molecule has 2 rings (SSSR count). The molecule has 2 heterocycles. The van der Waals surface area contributed by atoms with Crippen LogP contribution in [0.25, 0.3) is 0 Å². The fourth-order valence-electron chi connectivity index (χ4n) is 1.62. The highest BCUT2D eigenvalue weighted by Crippen LogP contribution is 2.25. The van der Waals surface area contributed by atoms with Gasteiger partial charge in [0.25, 0.3) is 0 Å². The zero-order valence-corrected chi connectivity index (χ0v) is 8.32. The Morgan fingerprint density at radius 2 is 2.40 bits per heavy atom. The molecule has 0 amide bonds. The quantitative estimate of drug-likeness (QED) is 0.807. The summed E-state index contributed by atoms with van der Waals surface area (Å²) in [5.41, 5.74) is 7.11. The van der Waals surface area contributed by atoms with Crippen LogP contribution in [-0.2, 0) is 4.74 Å². The average Bonchev–Trinajstić information content (AvgIpc) is 2.30. The van der Waals surface area contributed by atoms with Crippen molar-refractivity contribution in [2.24, 2.45) is 5.73 Å². The number of hydrogen-bond acceptors (Lipinski definition) is 3. The first-order valence-electron chi connectivity index (χ1n) is 4.95. The molecule has 1 aliphatic rings. The molecule has 15 heavy (non-hydrogen) atoms.